The van der Waals surface area contributed by atoms with Gasteiger partial charge in [0.15, 0.2) is 5.84 Å². The number of aromatic nitrogens is 1. The van der Waals surface area contributed by atoms with Gasteiger partial charge in [-0.25, -0.2) is 4.98 Å². The normalized spacial score (nSPS) is 11.5. The average molecular weight is 208 g/mol. The third-order valence-electron chi connectivity index (χ3n) is 2.23. The van der Waals surface area contributed by atoms with E-state index >= 15 is 0 Å². The van der Waals surface area contributed by atoms with Crippen molar-refractivity contribution in [3.8, 4) is 0 Å². The molecule has 1 rings (SSSR count). The van der Waals surface area contributed by atoms with E-state index in [0.29, 0.717) is 5.56 Å². The molecule has 0 aliphatic rings. The average Bonchev–Trinajstić information content (AvgIpc) is 2.30. The van der Waals surface area contributed by atoms with Gasteiger partial charge in [-0.3, -0.25) is 0 Å². The molecule has 0 spiro atoms. The van der Waals surface area contributed by atoms with Crippen molar-refractivity contribution in [3.63, 3.8) is 0 Å². The summed E-state index contributed by atoms with van der Waals surface area (Å²) in [7, 11) is 0. The van der Waals surface area contributed by atoms with E-state index in [9.17, 15) is 0 Å². The molecule has 0 amide bonds. The number of hydrogen-bond acceptors (Lipinski definition) is 4. The lowest BCUT2D eigenvalue weighted by atomic mass is 10.2. The van der Waals surface area contributed by atoms with Crippen LogP contribution in [0.3, 0.4) is 0 Å². The molecule has 0 unspecified atom stereocenters. The van der Waals surface area contributed by atoms with Crippen molar-refractivity contribution < 1.29 is 5.21 Å². The molecular formula is C10H16N4O. The molecule has 3 N–H and O–H groups in total. The molecule has 5 heteroatoms. The maximum atomic E-state index is 8.66. The van der Waals surface area contributed by atoms with Crippen molar-refractivity contribution >= 4 is 11.7 Å². The van der Waals surface area contributed by atoms with Gasteiger partial charge in [0.05, 0.1) is 5.56 Å². The van der Waals surface area contributed by atoms with Crippen LogP contribution in [-0.2, 0) is 0 Å². The molecule has 0 aliphatic carbocycles. The van der Waals surface area contributed by atoms with E-state index < -0.39 is 0 Å². The Morgan fingerprint density at radius 2 is 2.20 bits per heavy atom. The first-order valence-corrected chi connectivity index (χ1v) is 4.92. The predicted octanol–water partition coefficient (Wildman–Crippen LogP) is 1.02. The molecule has 5 nitrogen and oxygen atoms in total. The molecule has 0 saturated heterocycles. The Balaban J connectivity index is 3.16. The highest BCUT2D eigenvalue weighted by molar-refractivity contribution is 6.01. The van der Waals surface area contributed by atoms with Crippen LogP contribution in [0.2, 0.25) is 0 Å². The lowest BCUT2D eigenvalue weighted by molar-refractivity contribution is 0.318. The number of nitrogens with two attached hydrogens (primary N) is 1. The Morgan fingerprint density at radius 3 is 2.73 bits per heavy atom. The maximum Gasteiger partial charge on any atom is 0.173 e. The molecule has 82 valence electrons. The third-order valence-corrected chi connectivity index (χ3v) is 2.23. The van der Waals surface area contributed by atoms with Crippen molar-refractivity contribution in [1.82, 2.24) is 4.98 Å². The summed E-state index contributed by atoms with van der Waals surface area (Å²) in [5.41, 5.74) is 6.23. The van der Waals surface area contributed by atoms with Gasteiger partial charge in [-0.2, -0.15) is 0 Å². The van der Waals surface area contributed by atoms with E-state index in [0.717, 1.165) is 18.9 Å². The molecule has 0 atom stereocenters. The zero-order valence-corrected chi connectivity index (χ0v) is 9.01. The van der Waals surface area contributed by atoms with Crippen LogP contribution in [-0.4, -0.2) is 29.1 Å². The number of nitrogens with zero attached hydrogens (tertiary/aromatic N) is 3. The summed E-state index contributed by atoms with van der Waals surface area (Å²) in [5, 5.41) is 11.7. The first kappa shape index (κ1) is 11.3. The van der Waals surface area contributed by atoms with Crippen molar-refractivity contribution in [1.29, 1.82) is 0 Å². The fraction of sp³-hybridized carbons (Fsp3) is 0.400. The summed E-state index contributed by atoms with van der Waals surface area (Å²) < 4.78 is 0. The number of anilines is 1. The molecule has 1 aromatic rings. The predicted molar refractivity (Wildman–Crippen MR) is 60.3 cm³/mol. The summed E-state index contributed by atoms with van der Waals surface area (Å²) in [4.78, 5) is 6.29. The van der Waals surface area contributed by atoms with Crippen LogP contribution in [0.4, 0.5) is 5.82 Å². The Morgan fingerprint density at radius 1 is 1.53 bits per heavy atom. The lowest BCUT2D eigenvalue weighted by Crippen LogP contribution is -2.27. The van der Waals surface area contributed by atoms with E-state index in [-0.39, 0.29) is 5.84 Å². The third kappa shape index (κ3) is 2.37. The Labute approximate surface area is 89.2 Å². The van der Waals surface area contributed by atoms with Gasteiger partial charge in [-0.1, -0.05) is 5.16 Å². The molecule has 1 heterocycles. The molecule has 0 radical (unpaired) electrons. The summed E-state index contributed by atoms with van der Waals surface area (Å²) in [6.07, 6.45) is 1.70. The summed E-state index contributed by atoms with van der Waals surface area (Å²) >= 11 is 0. The largest absolute Gasteiger partial charge is 0.409 e. The summed E-state index contributed by atoms with van der Waals surface area (Å²) in [6, 6.07) is 3.55. The van der Waals surface area contributed by atoms with Crippen molar-refractivity contribution in [2.75, 3.05) is 18.0 Å². The van der Waals surface area contributed by atoms with E-state index in [1.54, 1.807) is 18.3 Å². The molecule has 0 aromatic carbocycles. The van der Waals surface area contributed by atoms with Gasteiger partial charge < -0.3 is 15.8 Å². The van der Waals surface area contributed by atoms with Crippen LogP contribution in [0.25, 0.3) is 0 Å². The molecular weight excluding hydrogens is 192 g/mol. The zero-order chi connectivity index (χ0) is 11.3. The second-order valence-electron chi connectivity index (χ2n) is 3.03. The van der Waals surface area contributed by atoms with Crippen LogP contribution < -0.4 is 10.6 Å². The van der Waals surface area contributed by atoms with Gasteiger partial charge in [-0.15, -0.1) is 0 Å². The van der Waals surface area contributed by atoms with Gasteiger partial charge >= 0.3 is 0 Å². The van der Waals surface area contributed by atoms with E-state index in [1.165, 1.54) is 0 Å². The molecule has 1 aromatic heterocycles. The van der Waals surface area contributed by atoms with Crippen molar-refractivity contribution in [2.45, 2.75) is 13.8 Å². The van der Waals surface area contributed by atoms with Crippen molar-refractivity contribution in [2.24, 2.45) is 10.9 Å². The van der Waals surface area contributed by atoms with Gasteiger partial charge in [0.1, 0.15) is 5.82 Å². The Kier molecular flexibility index (Phi) is 3.91. The standard InChI is InChI=1S/C10H16N4O/c1-3-14(4-2)10-8(9(11)13-15)6-5-7-12-10/h5-7,15H,3-4H2,1-2H3,(H2,11,13). The highest BCUT2D eigenvalue weighted by Crippen LogP contribution is 2.16. The quantitative estimate of drug-likeness (QED) is 0.335. The fourth-order valence-corrected chi connectivity index (χ4v) is 1.43. The van der Waals surface area contributed by atoms with Gasteiger partial charge in [0.25, 0.3) is 0 Å². The van der Waals surface area contributed by atoms with Crippen LogP contribution in [0.15, 0.2) is 23.5 Å². The molecule has 15 heavy (non-hydrogen) atoms. The molecule has 0 saturated carbocycles. The molecule has 0 aliphatic heterocycles. The summed E-state index contributed by atoms with van der Waals surface area (Å²) in [5.74, 6) is 0.836. The highest BCUT2D eigenvalue weighted by Gasteiger charge is 2.12. The second-order valence-corrected chi connectivity index (χ2v) is 3.03. The molecule has 0 bridgehead atoms. The van der Waals surface area contributed by atoms with Crippen LogP contribution in [0.1, 0.15) is 19.4 Å². The van der Waals surface area contributed by atoms with Gasteiger partial charge in [0.2, 0.25) is 0 Å². The Hall–Kier alpha value is -1.78. The number of rotatable bonds is 4. The second kappa shape index (κ2) is 5.19. The minimum atomic E-state index is 0.0880. The fourth-order valence-electron chi connectivity index (χ4n) is 1.43. The number of oxime groups is 1. The minimum absolute atomic E-state index is 0.0880. The topological polar surface area (TPSA) is 74.7 Å². The molecule has 0 fully saturated rings. The number of pyridine rings is 1. The first-order chi connectivity index (χ1) is 7.24. The van der Waals surface area contributed by atoms with Crippen LogP contribution >= 0.6 is 0 Å². The monoisotopic (exact) mass is 208 g/mol. The van der Waals surface area contributed by atoms with E-state index in [1.807, 2.05) is 18.7 Å². The van der Waals surface area contributed by atoms with Crippen LogP contribution in [0, 0.1) is 0 Å². The van der Waals surface area contributed by atoms with Gasteiger partial charge in [0, 0.05) is 19.3 Å². The van der Waals surface area contributed by atoms with Crippen molar-refractivity contribution in [3.05, 3.63) is 23.9 Å². The maximum absolute atomic E-state index is 8.66. The summed E-state index contributed by atoms with van der Waals surface area (Å²) in [6.45, 7) is 5.74. The first-order valence-electron chi connectivity index (χ1n) is 4.92. The van der Waals surface area contributed by atoms with E-state index in [4.69, 9.17) is 10.9 Å². The minimum Gasteiger partial charge on any atom is -0.409 e. The van der Waals surface area contributed by atoms with Crippen LogP contribution in [0.5, 0.6) is 0 Å². The highest BCUT2D eigenvalue weighted by atomic mass is 16.4. The van der Waals surface area contributed by atoms with E-state index in [2.05, 4.69) is 10.1 Å². The lowest BCUT2D eigenvalue weighted by Gasteiger charge is -2.21. The van der Waals surface area contributed by atoms with Gasteiger partial charge in [-0.05, 0) is 26.0 Å². The zero-order valence-electron chi connectivity index (χ0n) is 9.01. The Bertz CT molecular complexity index is 347. The smallest absolute Gasteiger partial charge is 0.173 e. The number of amidine groups is 1. The SMILES string of the molecule is CCN(CC)c1ncccc1/C(N)=N/O. The number of hydrogen-bond donors (Lipinski definition) is 2.